The van der Waals surface area contributed by atoms with Crippen LogP contribution in [0.1, 0.15) is 13.3 Å². The Bertz CT molecular complexity index is 40.1. The summed E-state index contributed by atoms with van der Waals surface area (Å²) in [6.07, 6.45) is 1.28. The molecule has 0 spiro atoms. The molecule has 36 valence electrons. The minimum atomic E-state index is 0.829. The highest BCUT2D eigenvalue weighted by atomic mass is 32.2. The first-order valence-corrected chi connectivity index (χ1v) is 3.29. The van der Waals surface area contributed by atoms with Crippen LogP contribution in [0.25, 0.3) is 0 Å². The third-order valence-electron chi connectivity index (χ3n) is 1.03. The molecule has 2 heteroatoms. The topological polar surface area (TPSA) is 12.0 Å². The summed E-state index contributed by atoms with van der Waals surface area (Å²) in [7, 11) is 0. The van der Waals surface area contributed by atoms with Crippen molar-refractivity contribution in [1.29, 1.82) is 0 Å². The average Bonchev–Trinajstić information content (AvgIpc) is 1.31. The Hall–Kier alpha value is 0.310. The van der Waals surface area contributed by atoms with Gasteiger partial charge in [0.25, 0.3) is 0 Å². The second-order valence-corrected chi connectivity index (χ2v) is 2.39. The molecule has 1 N–H and O–H groups in total. The maximum Gasteiger partial charge on any atom is 0.0272 e. The zero-order valence-electron chi connectivity index (χ0n) is 3.90. The van der Waals surface area contributed by atoms with E-state index in [-0.39, 0.29) is 0 Å². The molecular formula is C4H9NS. The van der Waals surface area contributed by atoms with Crippen molar-refractivity contribution in [3.8, 4) is 0 Å². The maximum atomic E-state index is 3.21. The van der Waals surface area contributed by atoms with Crippen molar-refractivity contribution >= 4 is 11.9 Å². The lowest BCUT2D eigenvalue weighted by Gasteiger charge is -2.24. The molecule has 0 aliphatic carbocycles. The van der Waals surface area contributed by atoms with Gasteiger partial charge in [-0.05, 0) is 6.42 Å². The Morgan fingerprint density at radius 2 is 2.67 bits per heavy atom. The van der Waals surface area contributed by atoms with Crippen molar-refractivity contribution in [3.05, 3.63) is 0 Å². The fraction of sp³-hybridized carbons (Fsp3) is 1.00. The van der Waals surface area contributed by atoms with Gasteiger partial charge in [0.2, 0.25) is 0 Å². The minimum absolute atomic E-state index is 0.829. The Labute approximate surface area is 42.6 Å². The van der Waals surface area contributed by atoms with Crippen molar-refractivity contribution in [2.24, 2.45) is 0 Å². The summed E-state index contributed by atoms with van der Waals surface area (Å²) in [6.45, 7) is 2.21. The summed E-state index contributed by atoms with van der Waals surface area (Å²) < 4.78 is 3.21. The van der Waals surface area contributed by atoms with E-state index in [1.807, 2.05) is 11.9 Å². The van der Waals surface area contributed by atoms with E-state index in [4.69, 9.17) is 0 Å². The molecule has 0 aromatic heterocycles. The molecule has 0 aromatic rings. The van der Waals surface area contributed by atoms with Crippen LogP contribution in [-0.4, -0.2) is 11.8 Å². The molecule has 0 radical (unpaired) electrons. The van der Waals surface area contributed by atoms with Crippen LogP contribution in [0.2, 0.25) is 0 Å². The summed E-state index contributed by atoms with van der Waals surface area (Å²) in [4.78, 5) is 0. The Balaban J connectivity index is 2.01. The normalized spacial score (nSPS) is 32.5. The van der Waals surface area contributed by atoms with Crippen LogP contribution in [0.5, 0.6) is 0 Å². The predicted molar refractivity (Wildman–Crippen MR) is 29.7 cm³/mol. The fourth-order valence-electron chi connectivity index (χ4n) is 0.402. The van der Waals surface area contributed by atoms with E-state index in [9.17, 15) is 0 Å². The molecule has 1 nitrogen and oxygen atoms in total. The van der Waals surface area contributed by atoms with Gasteiger partial charge in [-0.1, -0.05) is 18.9 Å². The van der Waals surface area contributed by atoms with Crippen molar-refractivity contribution in [1.82, 2.24) is 4.72 Å². The molecule has 1 aliphatic heterocycles. The highest BCUT2D eigenvalue weighted by molar-refractivity contribution is 7.98. The summed E-state index contributed by atoms with van der Waals surface area (Å²) in [5, 5.41) is 0. The molecular weight excluding hydrogens is 94.1 g/mol. The van der Waals surface area contributed by atoms with Gasteiger partial charge in [-0.2, -0.15) is 0 Å². The molecule has 1 atom stereocenters. The monoisotopic (exact) mass is 103 g/mol. The van der Waals surface area contributed by atoms with Crippen molar-refractivity contribution in [2.45, 2.75) is 19.4 Å². The molecule has 1 unspecified atom stereocenters. The molecule has 1 aliphatic rings. The summed E-state index contributed by atoms with van der Waals surface area (Å²) in [6, 6.07) is 0.829. The van der Waals surface area contributed by atoms with E-state index in [1.54, 1.807) is 0 Å². The van der Waals surface area contributed by atoms with Gasteiger partial charge in [0.15, 0.2) is 0 Å². The Morgan fingerprint density at radius 3 is 2.67 bits per heavy atom. The number of hydrogen-bond donors (Lipinski definition) is 1. The molecule has 0 amide bonds. The number of nitrogens with one attached hydrogen (secondary N) is 1. The molecule has 1 saturated heterocycles. The van der Waals surface area contributed by atoms with Gasteiger partial charge in [0, 0.05) is 11.8 Å². The van der Waals surface area contributed by atoms with Crippen molar-refractivity contribution in [3.63, 3.8) is 0 Å². The fourth-order valence-corrected chi connectivity index (χ4v) is 1.21. The maximum absolute atomic E-state index is 3.21. The lowest BCUT2D eigenvalue weighted by molar-refractivity contribution is 0.639. The van der Waals surface area contributed by atoms with Crippen LogP contribution in [0, 0.1) is 0 Å². The van der Waals surface area contributed by atoms with Crippen molar-refractivity contribution < 1.29 is 0 Å². The lowest BCUT2D eigenvalue weighted by atomic mass is 10.3. The first kappa shape index (κ1) is 4.47. The zero-order valence-corrected chi connectivity index (χ0v) is 4.72. The quantitative estimate of drug-likeness (QED) is 0.497. The molecule has 1 rings (SSSR count). The molecule has 0 aromatic carbocycles. The third kappa shape index (κ3) is 0.684. The van der Waals surface area contributed by atoms with Crippen LogP contribution in [-0.2, 0) is 0 Å². The molecule has 0 saturated carbocycles. The van der Waals surface area contributed by atoms with E-state index >= 15 is 0 Å². The SMILES string of the molecule is CCC1CSN1. The standard InChI is InChI=1S/C4H9NS/c1-2-4-3-6-5-4/h4-5H,2-3H2,1H3. The van der Waals surface area contributed by atoms with Gasteiger partial charge >= 0.3 is 0 Å². The largest absolute Gasteiger partial charge is 0.260 e. The van der Waals surface area contributed by atoms with E-state index in [2.05, 4.69) is 11.6 Å². The summed E-state index contributed by atoms with van der Waals surface area (Å²) >= 11 is 1.82. The first-order valence-electron chi connectivity index (χ1n) is 2.31. The van der Waals surface area contributed by atoms with Gasteiger partial charge in [0.05, 0.1) is 0 Å². The Kier molecular flexibility index (Phi) is 1.37. The van der Waals surface area contributed by atoms with Gasteiger partial charge in [-0.15, -0.1) is 0 Å². The average molecular weight is 103 g/mol. The summed E-state index contributed by atoms with van der Waals surface area (Å²) in [5.41, 5.74) is 0. The van der Waals surface area contributed by atoms with Crippen LogP contribution in [0.4, 0.5) is 0 Å². The van der Waals surface area contributed by atoms with Crippen molar-refractivity contribution in [2.75, 3.05) is 5.75 Å². The second-order valence-electron chi connectivity index (χ2n) is 1.53. The van der Waals surface area contributed by atoms with Gasteiger partial charge in [-0.25, -0.2) is 0 Å². The molecule has 1 fully saturated rings. The van der Waals surface area contributed by atoms with Crippen LogP contribution in [0.15, 0.2) is 0 Å². The van der Waals surface area contributed by atoms with Crippen LogP contribution < -0.4 is 4.72 Å². The molecule has 6 heavy (non-hydrogen) atoms. The highest BCUT2D eigenvalue weighted by Crippen LogP contribution is 2.13. The third-order valence-corrected chi connectivity index (χ3v) is 2.10. The van der Waals surface area contributed by atoms with Crippen LogP contribution >= 0.6 is 11.9 Å². The van der Waals surface area contributed by atoms with E-state index in [0.29, 0.717) is 0 Å². The minimum Gasteiger partial charge on any atom is -0.260 e. The lowest BCUT2D eigenvalue weighted by Crippen LogP contribution is -2.35. The first-order chi connectivity index (χ1) is 2.93. The van der Waals surface area contributed by atoms with Crippen LogP contribution in [0.3, 0.4) is 0 Å². The van der Waals surface area contributed by atoms with Gasteiger partial charge < -0.3 is 0 Å². The predicted octanol–water partition coefficient (Wildman–Crippen LogP) is 1.02. The second kappa shape index (κ2) is 1.85. The zero-order chi connectivity index (χ0) is 4.41. The van der Waals surface area contributed by atoms with E-state index in [0.717, 1.165) is 6.04 Å². The smallest absolute Gasteiger partial charge is 0.0272 e. The molecule has 0 bridgehead atoms. The van der Waals surface area contributed by atoms with E-state index < -0.39 is 0 Å². The van der Waals surface area contributed by atoms with Gasteiger partial charge in [0.1, 0.15) is 0 Å². The van der Waals surface area contributed by atoms with Gasteiger partial charge in [-0.3, -0.25) is 4.72 Å². The number of rotatable bonds is 1. The number of hydrogen-bond acceptors (Lipinski definition) is 2. The Morgan fingerprint density at radius 1 is 2.00 bits per heavy atom. The molecule has 1 heterocycles. The highest BCUT2D eigenvalue weighted by Gasteiger charge is 2.13. The summed E-state index contributed by atoms with van der Waals surface area (Å²) in [5.74, 6) is 1.32. The van der Waals surface area contributed by atoms with E-state index in [1.165, 1.54) is 12.2 Å².